The van der Waals surface area contributed by atoms with Crippen LogP contribution < -0.4 is 5.32 Å². The first-order valence-corrected chi connectivity index (χ1v) is 8.44. The first kappa shape index (κ1) is 16.5. The van der Waals surface area contributed by atoms with Crippen LogP contribution in [0.1, 0.15) is 18.9 Å². The van der Waals surface area contributed by atoms with E-state index in [9.17, 15) is 4.79 Å². The van der Waals surface area contributed by atoms with Gasteiger partial charge in [0.15, 0.2) is 0 Å². The van der Waals surface area contributed by atoms with Gasteiger partial charge in [-0.05, 0) is 31.0 Å². The molecule has 1 N–H and O–H groups in total. The van der Waals surface area contributed by atoms with Gasteiger partial charge in [-0.15, -0.1) is 0 Å². The number of urea groups is 1. The zero-order valence-electron chi connectivity index (χ0n) is 14.0. The van der Waals surface area contributed by atoms with Gasteiger partial charge in [-0.2, -0.15) is 0 Å². The Balaban J connectivity index is 1.51. The van der Waals surface area contributed by atoms with Crippen molar-refractivity contribution in [2.45, 2.75) is 19.9 Å². The molecule has 6 nitrogen and oxygen atoms in total. The van der Waals surface area contributed by atoms with Gasteiger partial charge in [-0.1, -0.05) is 12.1 Å². The fourth-order valence-corrected chi connectivity index (χ4v) is 2.97. The molecule has 24 heavy (non-hydrogen) atoms. The van der Waals surface area contributed by atoms with Crippen LogP contribution in [0.3, 0.4) is 0 Å². The van der Waals surface area contributed by atoms with Crippen molar-refractivity contribution in [2.24, 2.45) is 5.92 Å². The molecule has 1 saturated heterocycles. The summed E-state index contributed by atoms with van der Waals surface area (Å²) in [6.45, 7) is 5.58. The molecule has 0 bridgehead atoms. The second-order valence-corrected chi connectivity index (χ2v) is 6.06. The number of carbonyl (C=O) groups excluding carboxylic acids is 1. The minimum atomic E-state index is 0.00188. The minimum absolute atomic E-state index is 0.00188. The molecule has 6 heteroatoms. The van der Waals surface area contributed by atoms with Crippen molar-refractivity contribution in [3.8, 4) is 5.69 Å². The predicted octanol–water partition coefficient (Wildman–Crippen LogP) is 2.44. The van der Waals surface area contributed by atoms with Crippen LogP contribution in [-0.2, 0) is 11.3 Å². The van der Waals surface area contributed by atoms with E-state index in [1.165, 1.54) is 0 Å². The lowest BCUT2D eigenvalue weighted by atomic mass is 10.1. The van der Waals surface area contributed by atoms with Gasteiger partial charge in [-0.25, -0.2) is 9.78 Å². The maximum absolute atomic E-state index is 12.3. The second kappa shape index (κ2) is 7.97. The number of hydrogen-bond acceptors (Lipinski definition) is 3. The summed E-state index contributed by atoms with van der Waals surface area (Å²) in [5, 5.41) is 3.01. The van der Waals surface area contributed by atoms with Crippen LogP contribution in [0.5, 0.6) is 0 Å². The molecule has 3 rings (SSSR count). The molecule has 0 spiro atoms. The van der Waals surface area contributed by atoms with E-state index >= 15 is 0 Å². The maximum Gasteiger partial charge on any atom is 0.317 e. The van der Waals surface area contributed by atoms with Crippen molar-refractivity contribution in [3.05, 3.63) is 48.5 Å². The Morgan fingerprint density at radius 3 is 3.17 bits per heavy atom. The number of nitrogens with zero attached hydrogens (tertiary/aromatic N) is 3. The zero-order chi connectivity index (χ0) is 16.8. The lowest BCUT2D eigenvalue weighted by molar-refractivity contribution is 0.113. The van der Waals surface area contributed by atoms with E-state index in [-0.39, 0.29) is 6.03 Å². The van der Waals surface area contributed by atoms with Crippen LogP contribution in [0.25, 0.3) is 5.69 Å². The Morgan fingerprint density at radius 2 is 2.38 bits per heavy atom. The van der Waals surface area contributed by atoms with Gasteiger partial charge in [0.2, 0.25) is 0 Å². The molecule has 2 heterocycles. The predicted molar refractivity (Wildman–Crippen MR) is 92.0 cm³/mol. The normalized spacial score (nSPS) is 17.2. The Labute approximate surface area is 142 Å². The summed E-state index contributed by atoms with van der Waals surface area (Å²) in [4.78, 5) is 18.2. The Bertz CT molecular complexity index is 657. The van der Waals surface area contributed by atoms with E-state index < -0.39 is 0 Å². The molecule has 0 radical (unpaired) electrons. The van der Waals surface area contributed by atoms with Crippen LogP contribution in [-0.4, -0.2) is 46.8 Å². The standard InChI is InChI=1S/C18H24N4O2/c1-2-24-13-16-6-8-21(12-16)18(23)20-11-15-4-3-5-17(10-15)22-9-7-19-14-22/h3-5,7,9-10,14,16H,2,6,8,11-13H2,1H3,(H,20,23)/t16-/m1/s1. The number of rotatable bonds is 6. The number of ether oxygens (including phenoxy) is 1. The third kappa shape index (κ3) is 4.14. The average Bonchev–Trinajstić information content (AvgIpc) is 3.30. The lowest BCUT2D eigenvalue weighted by Gasteiger charge is -2.17. The monoisotopic (exact) mass is 328 g/mol. The number of amides is 2. The third-order valence-corrected chi connectivity index (χ3v) is 4.29. The number of carbonyl (C=O) groups is 1. The van der Waals surface area contributed by atoms with E-state index in [0.29, 0.717) is 12.5 Å². The first-order valence-electron chi connectivity index (χ1n) is 8.44. The summed E-state index contributed by atoms with van der Waals surface area (Å²) in [5.41, 5.74) is 2.11. The van der Waals surface area contributed by atoms with Gasteiger partial charge in [0, 0.05) is 50.2 Å². The highest BCUT2D eigenvalue weighted by atomic mass is 16.5. The summed E-state index contributed by atoms with van der Waals surface area (Å²) in [7, 11) is 0. The summed E-state index contributed by atoms with van der Waals surface area (Å²) < 4.78 is 7.41. The average molecular weight is 328 g/mol. The Morgan fingerprint density at radius 1 is 1.46 bits per heavy atom. The minimum Gasteiger partial charge on any atom is -0.381 e. The number of hydrogen-bond donors (Lipinski definition) is 1. The van der Waals surface area contributed by atoms with E-state index in [2.05, 4.69) is 16.4 Å². The smallest absolute Gasteiger partial charge is 0.317 e. The molecule has 128 valence electrons. The summed E-state index contributed by atoms with van der Waals surface area (Å²) in [6, 6.07) is 8.09. The molecule has 1 atom stereocenters. The van der Waals surface area contributed by atoms with Gasteiger partial charge < -0.3 is 19.5 Å². The maximum atomic E-state index is 12.3. The molecule has 1 fully saturated rings. The quantitative estimate of drug-likeness (QED) is 0.886. The summed E-state index contributed by atoms with van der Waals surface area (Å²) in [6.07, 6.45) is 6.44. The van der Waals surface area contributed by atoms with Crippen LogP contribution in [0.2, 0.25) is 0 Å². The molecule has 2 amide bonds. The molecule has 1 aliphatic rings. The lowest BCUT2D eigenvalue weighted by Crippen LogP contribution is -2.38. The van der Waals surface area contributed by atoms with Crippen LogP contribution >= 0.6 is 0 Å². The molecule has 1 aromatic carbocycles. The molecule has 1 aromatic heterocycles. The highest BCUT2D eigenvalue weighted by molar-refractivity contribution is 5.74. The van der Waals surface area contributed by atoms with Crippen molar-refractivity contribution in [3.63, 3.8) is 0 Å². The van der Waals surface area contributed by atoms with Crippen LogP contribution in [0.4, 0.5) is 4.79 Å². The Hall–Kier alpha value is -2.34. The van der Waals surface area contributed by atoms with Crippen molar-refractivity contribution in [1.82, 2.24) is 19.8 Å². The summed E-state index contributed by atoms with van der Waals surface area (Å²) in [5.74, 6) is 0.459. The molecule has 1 aliphatic heterocycles. The fourth-order valence-electron chi connectivity index (χ4n) is 2.97. The van der Waals surface area contributed by atoms with Crippen molar-refractivity contribution in [2.75, 3.05) is 26.3 Å². The third-order valence-electron chi connectivity index (χ3n) is 4.29. The van der Waals surface area contributed by atoms with Crippen molar-refractivity contribution in [1.29, 1.82) is 0 Å². The number of nitrogens with one attached hydrogen (secondary N) is 1. The van der Waals surface area contributed by atoms with Crippen molar-refractivity contribution < 1.29 is 9.53 Å². The van der Waals surface area contributed by atoms with E-state index in [1.807, 2.05) is 40.8 Å². The Kier molecular flexibility index (Phi) is 5.48. The summed E-state index contributed by atoms with van der Waals surface area (Å²) >= 11 is 0. The zero-order valence-corrected chi connectivity index (χ0v) is 14.0. The van der Waals surface area contributed by atoms with Gasteiger partial charge in [0.1, 0.15) is 0 Å². The largest absolute Gasteiger partial charge is 0.381 e. The van der Waals surface area contributed by atoms with Gasteiger partial charge in [0.25, 0.3) is 0 Å². The first-order chi connectivity index (χ1) is 11.8. The fraction of sp³-hybridized carbons (Fsp3) is 0.444. The molecule has 0 aliphatic carbocycles. The van der Waals surface area contributed by atoms with E-state index in [4.69, 9.17) is 4.74 Å². The highest BCUT2D eigenvalue weighted by Gasteiger charge is 2.25. The molecule has 0 saturated carbocycles. The SMILES string of the molecule is CCOC[C@@H]1CCN(C(=O)NCc2cccc(-n3ccnc3)c2)C1. The van der Waals surface area contributed by atoms with Gasteiger partial charge >= 0.3 is 6.03 Å². The second-order valence-electron chi connectivity index (χ2n) is 6.06. The van der Waals surface area contributed by atoms with E-state index in [0.717, 1.165) is 44.0 Å². The topological polar surface area (TPSA) is 59.4 Å². The number of imidazole rings is 1. The highest BCUT2D eigenvalue weighted by Crippen LogP contribution is 2.17. The number of likely N-dealkylation sites (tertiary alicyclic amines) is 1. The number of benzene rings is 1. The van der Waals surface area contributed by atoms with Crippen LogP contribution in [0, 0.1) is 5.92 Å². The molecule has 0 unspecified atom stereocenters. The van der Waals surface area contributed by atoms with Crippen molar-refractivity contribution >= 4 is 6.03 Å². The van der Waals surface area contributed by atoms with Gasteiger partial charge in [-0.3, -0.25) is 0 Å². The molecular formula is C18H24N4O2. The van der Waals surface area contributed by atoms with E-state index in [1.54, 1.807) is 12.5 Å². The van der Waals surface area contributed by atoms with Crippen LogP contribution in [0.15, 0.2) is 43.0 Å². The number of aromatic nitrogens is 2. The van der Waals surface area contributed by atoms with Gasteiger partial charge in [0.05, 0.1) is 12.9 Å². The molecule has 2 aromatic rings. The molecular weight excluding hydrogens is 304 g/mol.